The zero-order chi connectivity index (χ0) is 13.1. The third-order valence-corrected chi connectivity index (χ3v) is 1.83. The summed E-state index contributed by atoms with van der Waals surface area (Å²) in [7, 11) is 0. The zero-order valence-electron chi connectivity index (χ0n) is 10.1. The average molecular weight is 248 g/mol. The van der Waals surface area contributed by atoms with Crippen LogP contribution in [0.25, 0.3) is 0 Å². The van der Waals surface area contributed by atoms with E-state index in [1.54, 1.807) is 6.92 Å². The van der Waals surface area contributed by atoms with Gasteiger partial charge < -0.3 is 24.4 Å². The molecule has 0 spiro atoms. The highest BCUT2D eigenvalue weighted by Gasteiger charge is 2.12. The van der Waals surface area contributed by atoms with E-state index in [-0.39, 0.29) is 26.4 Å². The number of rotatable bonds is 10. The van der Waals surface area contributed by atoms with Crippen LogP contribution in [0.2, 0.25) is 0 Å². The van der Waals surface area contributed by atoms with Crippen LogP contribution in [0.3, 0.4) is 0 Å². The van der Waals surface area contributed by atoms with Gasteiger partial charge in [0.25, 0.3) is 0 Å². The number of aliphatic hydroxyl groups excluding tert-OH is 2. The van der Waals surface area contributed by atoms with E-state index in [0.29, 0.717) is 18.6 Å². The lowest BCUT2D eigenvalue weighted by Crippen LogP contribution is -2.24. The van der Waals surface area contributed by atoms with Crippen molar-refractivity contribution in [3.63, 3.8) is 0 Å². The Morgan fingerprint density at radius 1 is 1.29 bits per heavy atom. The number of hydrogen-bond donors (Lipinski definition) is 2. The van der Waals surface area contributed by atoms with Gasteiger partial charge in [0.15, 0.2) is 0 Å². The van der Waals surface area contributed by atoms with E-state index in [0.717, 1.165) is 0 Å². The second-order valence-corrected chi connectivity index (χ2v) is 3.23. The molecule has 0 aromatic carbocycles. The van der Waals surface area contributed by atoms with Crippen molar-refractivity contribution in [3.8, 4) is 0 Å². The summed E-state index contributed by atoms with van der Waals surface area (Å²) < 4.78 is 14.6. The van der Waals surface area contributed by atoms with E-state index >= 15 is 0 Å². The van der Waals surface area contributed by atoms with Gasteiger partial charge in [-0.25, -0.2) is 4.79 Å². The summed E-state index contributed by atoms with van der Waals surface area (Å²) in [6, 6.07) is 0. The van der Waals surface area contributed by atoms with E-state index in [2.05, 4.69) is 11.3 Å². The minimum absolute atomic E-state index is 0.0423. The number of ether oxygens (including phenoxy) is 3. The number of aliphatic hydroxyl groups is 2. The Kier molecular flexibility index (Phi) is 9.65. The lowest BCUT2D eigenvalue weighted by atomic mass is 10.2. The Balaban J connectivity index is 3.49. The average Bonchev–Trinajstić information content (AvgIpc) is 2.32. The molecule has 0 rings (SSSR count). The quantitative estimate of drug-likeness (QED) is 0.242. The number of carbonyl (C=O) groups is 1. The predicted octanol–water partition coefficient (Wildman–Crippen LogP) is -0.160. The number of carbonyl (C=O) groups excluding carboxylic acids is 1. The molecule has 17 heavy (non-hydrogen) atoms. The van der Waals surface area contributed by atoms with Crippen LogP contribution in [0.1, 0.15) is 13.3 Å². The van der Waals surface area contributed by atoms with Crippen molar-refractivity contribution in [2.75, 3.05) is 33.0 Å². The summed E-state index contributed by atoms with van der Waals surface area (Å²) in [6.45, 7) is 5.90. The Bertz CT molecular complexity index is 228. The molecule has 0 aromatic heterocycles. The molecule has 1 atom stereocenters. The highest BCUT2D eigenvalue weighted by Crippen LogP contribution is 2.02. The van der Waals surface area contributed by atoms with Gasteiger partial charge >= 0.3 is 5.97 Å². The molecule has 0 radical (unpaired) electrons. The molecule has 0 fully saturated rings. The van der Waals surface area contributed by atoms with Crippen LogP contribution in [0.5, 0.6) is 0 Å². The van der Waals surface area contributed by atoms with Crippen molar-refractivity contribution in [1.82, 2.24) is 0 Å². The van der Waals surface area contributed by atoms with Gasteiger partial charge in [0.05, 0.1) is 26.4 Å². The molecule has 0 saturated carbocycles. The van der Waals surface area contributed by atoms with Crippen molar-refractivity contribution in [2.45, 2.75) is 19.6 Å². The highest BCUT2D eigenvalue weighted by atomic mass is 16.7. The molecule has 0 amide bonds. The van der Waals surface area contributed by atoms with Crippen LogP contribution >= 0.6 is 0 Å². The predicted molar refractivity (Wildman–Crippen MR) is 60.3 cm³/mol. The summed E-state index contributed by atoms with van der Waals surface area (Å²) in [4.78, 5) is 11.2. The number of esters is 1. The van der Waals surface area contributed by atoms with Crippen molar-refractivity contribution in [3.05, 3.63) is 12.2 Å². The second-order valence-electron chi connectivity index (χ2n) is 3.23. The highest BCUT2D eigenvalue weighted by molar-refractivity contribution is 5.87. The van der Waals surface area contributed by atoms with Crippen LogP contribution in [0, 0.1) is 0 Å². The third kappa shape index (κ3) is 8.82. The first kappa shape index (κ1) is 16.1. The summed E-state index contributed by atoms with van der Waals surface area (Å²) in [6.07, 6.45) is -0.829. The molecule has 6 heteroatoms. The zero-order valence-corrected chi connectivity index (χ0v) is 10.1. The van der Waals surface area contributed by atoms with Crippen LogP contribution in [-0.4, -0.2) is 55.5 Å². The van der Waals surface area contributed by atoms with E-state index in [1.807, 2.05) is 0 Å². The number of hydrogen-bond acceptors (Lipinski definition) is 6. The van der Waals surface area contributed by atoms with Gasteiger partial charge in [-0.2, -0.15) is 0 Å². The Labute approximate surface area is 101 Å². The minimum Gasteiger partial charge on any atom is -0.430 e. The molecule has 2 N–H and O–H groups in total. The second kappa shape index (κ2) is 10.2. The van der Waals surface area contributed by atoms with E-state index in [1.165, 1.54) is 0 Å². The van der Waals surface area contributed by atoms with Crippen LogP contribution < -0.4 is 0 Å². The molecule has 100 valence electrons. The standard InChI is InChI=1S/C11H20O6/c1-3-9(2)11(14)17-10(13)8-16-7-6-15-5-4-12/h10,12-13H,2-8H2,1H3. The molecule has 0 saturated heterocycles. The maximum absolute atomic E-state index is 11.2. The van der Waals surface area contributed by atoms with Crippen molar-refractivity contribution >= 4 is 5.97 Å². The first-order chi connectivity index (χ1) is 8.11. The van der Waals surface area contributed by atoms with Crippen molar-refractivity contribution in [1.29, 1.82) is 0 Å². The maximum Gasteiger partial charge on any atom is 0.335 e. The minimum atomic E-state index is -1.30. The van der Waals surface area contributed by atoms with E-state index in [4.69, 9.17) is 14.6 Å². The normalized spacial score (nSPS) is 12.2. The lowest BCUT2D eigenvalue weighted by molar-refractivity contribution is -0.173. The van der Waals surface area contributed by atoms with Crippen LogP contribution in [0.4, 0.5) is 0 Å². The molecule has 0 heterocycles. The molecule has 0 aromatic rings. The molecular formula is C11H20O6. The first-order valence-corrected chi connectivity index (χ1v) is 5.45. The van der Waals surface area contributed by atoms with Crippen LogP contribution in [-0.2, 0) is 19.0 Å². The van der Waals surface area contributed by atoms with Gasteiger partial charge in [0, 0.05) is 5.57 Å². The summed E-state index contributed by atoms with van der Waals surface area (Å²) >= 11 is 0. The molecule has 0 aliphatic heterocycles. The summed E-state index contributed by atoms with van der Waals surface area (Å²) in [5, 5.41) is 17.7. The van der Waals surface area contributed by atoms with Gasteiger partial charge in [0.1, 0.15) is 6.61 Å². The molecule has 6 nitrogen and oxygen atoms in total. The SMILES string of the molecule is C=C(CC)C(=O)OC(O)COCCOCCO. The van der Waals surface area contributed by atoms with Crippen molar-refractivity contribution in [2.24, 2.45) is 0 Å². The summed E-state index contributed by atoms with van der Waals surface area (Å²) in [5.41, 5.74) is 0.301. The maximum atomic E-state index is 11.2. The molecule has 0 aliphatic rings. The largest absolute Gasteiger partial charge is 0.430 e. The Hall–Kier alpha value is -0.950. The molecule has 0 bridgehead atoms. The Morgan fingerprint density at radius 2 is 1.94 bits per heavy atom. The topological polar surface area (TPSA) is 85.2 Å². The van der Waals surface area contributed by atoms with Gasteiger partial charge in [-0.05, 0) is 6.42 Å². The Morgan fingerprint density at radius 3 is 2.53 bits per heavy atom. The summed E-state index contributed by atoms with van der Waals surface area (Å²) in [5.74, 6) is -0.625. The molecular weight excluding hydrogens is 228 g/mol. The van der Waals surface area contributed by atoms with E-state index < -0.39 is 12.3 Å². The van der Waals surface area contributed by atoms with Gasteiger partial charge in [-0.1, -0.05) is 13.5 Å². The fraction of sp³-hybridized carbons (Fsp3) is 0.727. The first-order valence-electron chi connectivity index (χ1n) is 5.45. The molecule has 0 aliphatic carbocycles. The molecule has 1 unspecified atom stereocenters. The smallest absolute Gasteiger partial charge is 0.335 e. The van der Waals surface area contributed by atoms with Crippen molar-refractivity contribution < 1.29 is 29.2 Å². The van der Waals surface area contributed by atoms with E-state index in [9.17, 15) is 9.90 Å². The lowest BCUT2D eigenvalue weighted by Gasteiger charge is -2.13. The fourth-order valence-corrected chi connectivity index (χ4v) is 0.854. The fourth-order valence-electron chi connectivity index (χ4n) is 0.854. The third-order valence-electron chi connectivity index (χ3n) is 1.83. The monoisotopic (exact) mass is 248 g/mol. The van der Waals surface area contributed by atoms with Gasteiger partial charge in [-0.3, -0.25) is 0 Å². The van der Waals surface area contributed by atoms with Crippen LogP contribution in [0.15, 0.2) is 12.2 Å². The van der Waals surface area contributed by atoms with Gasteiger partial charge in [0.2, 0.25) is 6.29 Å². The van der Waals surface area contributed by atoms with Gasteiger partial charge in [-0.15, -0.1) is 0 Å².